The van der Waals surface area contributed by atoms with Gasteiger partial charge in [-0.15, -0.1) is 0 Å². The quantitative estimate of drug-likeness (QED) is 0.542. The summed E-state index contributed by atoms with van der Waals surface area (Å²) < 4.78 is 46.2. The van der Waals surface area contributed by atoms with Crippen molar-refractivity contribution in [2.45, 2.75) is 30.2 Å². The minimum Gasteiger partial charge on any atom is -0.493 e. The molecule has 0 fully saturated rings. The van der Waals surface area contributed by atoms with Crippen molar-refractivity contribution < 1.29 is 17.5 Å². The van der Waals surface area contributed by atoms with Crippen molar-refractivity contribution >= 4 is 32.8 Å². The van der Waals surface area contributed by atoms with Gasteiger partial charge in [0.05, 0.1) is 28.3 Å². The number of allylic oxidation sites excluding steroid dienone is 2. The molecule has 1 aliphatic heterocycles. The van der Waals surface area contributed by atoms with Crippen LogP contribution in [0.25, 0.3) is 5.57 Å². The summed E-state index contributed by atoms with van der Waals surface area (Å²) in [5.41, 5.74) is 2.11. The zero-order chi connectivity index (χ0) is 23.8. The van der Waals surface area contributed by atoms with Crippen LogP contribution >= 0.6 is 11.6 Å². The fourth-order valence-electron chi connectivity index (χ4n) is 4.25. The SMILES string of the molecule is CCS(=O)(=O)c1cccc(C2=CC(F)=C(OCCCN(C)C)C3Nc4ncc(Cl)cc4C23)c1. The summed E-state index contributed by atoms with van der Waals surface area (Å²) in [6, 6.07) is 7.96. The molecule has 1 N–H and O–H groups in total. The summed E-state index contributed by atoms with van der Waals surface area (Å²) in [7, 11) is 0.545. The standard InChI is InChI=1S/C24H27ClFN3O3S/c1-4-33(30,31)17-8-5-7-15(11-17)18-13-20(26)23(32-10-6-9-29(2)3)22-21(18)19-12-16(25)14-27-24(19)28-22/h5,7-8,11-14,21-22H,4,6,9-10H2,1-3H3,(H,27,28). The molecular formula is C24H27ClFN3O3S. The molecule has 33 heavy (non-hydrogen) atoms. The first kappa shape index (κ1) is 23.7. The van der Waals surface area contributed by atoms with Gasteiger partial charge in [-0.2, -0.15) is 0 Å². The highest BCUT2D eigenvalue weighted by Gasteiger charge is 2.43. The highest BCUT2D eigenvalue weighted by Crippen LogP contribution is 2.50. The summed E-state index contributed by atoms with van der Waals surface area (Å²) in [4.78, 5) is 6.64. The lowest BCUT2D eigenvalue weighted by Crippen LogP contribution is -2.29. The van der Waals surface area contributed by atoms with Crippen LogP contribution in [0.5, 0.6) is 0 Å². The Morgan fingerprint density at radius 1 is 1.27 bits per heavy atom. The topological polar surface area (TPSA) is 71.5 Å². The zero-order valence-corrected chi connectivity index (χ0v) is 20.4. The first-order valence-corrected chi connectivity index (χ1v) is 12.9. The van der Waals surface area contributed by atoms with Crippen LogP contribution in [-0.4, -0.2) is 57.3 Å². The molecule has 0 radical (unpaired) electrons. The Morgan fingerprint density at radius 2 is 2.06 bits per heavy atom. The van der Waals surface area contributed by atoms with Gasteiger partial charge in [0.25, 0.3) is 0 Å². The van der Waals surface area contributed by atoms with Crippen LogP contribution in [0.4, 0.5) is 10.2 Å². The number of sulfone groups is 1. The van der Waals surface area contributed by atoms with Crippen LogP contribution in [0, 0.1) is 0 Å². The van der Waals surface area contributed by atoms with Crippen LogP contribution in [0.3, 0.4) is 0 Å². The molecule has 9 heteroatoms. The van der Waals surface area contributed by atoms with E-state index in [1.165, 1.54) is 6.08 Å². The molecule has 176 valence electrons. The minimum absolute atomic E-state index is 0.00925. The van der Waals surface area contributed by atoms with Gasteiger partial charge in [-0.05, 0) is 55.9 Å². The highest BCUT2D eigenvalue weighted by atomic mass is 35.5. The number of anilines is 1. The van der Waals surface area contributed by atoms with Crippen LogP contribution in [0.15, 0.2) is 59.1 Å². The van der Waals surface area contributed by atoms with E-state index in [4.69, 9.17) is 16.3 Å². The van der Waals surface area contributed by atoms with Crippen molar-refractivity contribution in [3.63, 3.8) is 0 Å². The van der Waals surface area contributed by atoms with Crippen LogP contribution in [0.2, 0.25) is 5.02 Å². The van der Waals surface area contributed by atoms with Gasteiger partial charge in [-0.1, -0.05) is 30.7 Å². The van der Waals surface area contributed by atoms with Crippen LogP contribution < -0.4 is 5.32 Å². The molecule has 2 unspecified atom stereocenters. The van der Waals surface area contributed by atoms with E-state index < -0.39 is 21.7 Å². The van der Waals surface area contributed by atoms with Crippen molar-refractivity contribution in [1.82, 2.24) is 9.88 Å². The van der Waals surface area contributed by atoms with E-state index in [9.17, 15) is 8.42 Å². The van der Waals surface area contributed by atoms with E-state index >= 15 is 4.39 Å². The van der Waals surface area contributed by atoms with E-state index in [1.54, 1.807) is 37.4 Å². The molecule has 1 aromatic heterocycles. The lowest BCUT2D eigenvalue weighted by molar-refractivity contribution is 0.173. The number of pyridine rings is 1. The van der Waals surface area contributed by atoms with Gasteiger partial charge in [0, 0.05) is 24.2 Å². The first-order chi connectivity index (χ1) is 15.7. The summed E-state index contributed by atoms with van der Waals surface area (Å²) in [6.45, 7) is 2.81. The smallest absolute Gasteiger partial charge is 0.178 e. The fourth-order valence-corrected chi connectivity index (χ4v) is 5.35. The summed E-state index contributed by atoms with van der Waals surface area (Å²) in [5, 5.41) is 3.76. The Hall–Kier alpha value is -2.42. The van der Waals surface area contributed by atoms with E-state index in [1.807, 2.05) is 25.1 Å². The Labute approximate surface area is 199 Å². The zero-order valence-electron chi connectivity index (χ0n) is 18.8. The number of hydrogen-bond donors (Lipinski definition) is 1. The average molecular weight is 492 g/mol. The van der Waals surface area contributed by atoms with Gasteiger partial charge < -0.3 is 15.0 Å². The lowest BCUT2D eigenvalue weighted by atomic mass is 9.80. The summed E-state index contributed by atoms with van der Waals surface area (Å²) >= 11 is 6.24. The third kappa shape index (κ3) is 4.78. The van der Waals surface area contributed by atoms with Gasteiger partial charge in [0.1, 0.15) is 5.82 Å². The molecule has 0 saturated carbocycles. The molecule has 2 heterocycles. The van der Waals surface area contributed by atoms with Crippen molar-refractivity contribution in [2.75, 3.05) is 38.3 Å². The predicted octanol–water partition coefficient (Wildman–Crippen LogP) is 4.65. The van der Waals surface area contributed by atoms with Crippen LogP contribution in [0.1, 0.15) is 30.4 Å². The van der Waals surface area contributed by atoms with Crippen molar-refractivity contribution in [1.29, 1.82) is 0 Å². The van der Waals surface area contributed by atoms with Crippen molar-refractivity contribution in [3.8, 4) is 0 Å². The normalized spacial score (nSPS) is 19.8. The van der Waals surface area contributed by atoms with Gasteiger partial charge in [0.2, 0.25) is 0 Å². The van der Waals surface area contributed by atoms with Crippen LogP contribution in [-0.2, 0) is 14.6 Å². The highest BCUT2D eigenvalue weighted by molar-refractivity contribution is 7.91. The van der Waals surface area contributed by atoms with E-state index in [0.717, 1.165) is 18.5 Å². The van der Waals surface area contributed by atoms with Gasteiger partial charge in [0.15, 0.2) is 21.4 Å². The second kappa shape index (κ2) is 9.44. The molecule has 2 atom stereocenters. The molecule has 1 aromatic carbocycles. The summed E-state index contributed by atoms with van der Waals surface area (Å²) in [6.07, 6.45) is 3.74. The molecule has 1 aliphatic carbocycles. The third-order valence-corrected chi connectivity index (χ3v) is 7.83. The molecule has 6 nitrogen and oxygen atoms in total. The second-order valence-corrected chi connectivity index (χ2v) is 11.2. The van der Waals surface area contributed by atoms with Crippen molar-refractivity contribution in [2.24, 2.45) is 0 Å². The molecule has 2 aliphatic rings. The van der Waals surface area contributed by atoms with Gasteiger partial charge in [-0.25, -0.2) is 17.8 Å². The number of rotatable bonds is 8. The van der Waals surface area contributed by atoms with Gasteiger partial charge in [-0.3, -0.25) is 0 Å². The number of hydrogen-bond acceptors (Lipinski definition) is 6. The Morgan fingerprint density at radius 3 is 2.79 bits per heavy atom. The predicted molar refractivity (Wildman–Crippen MR) is 129 cm³/mol. The van der Waals surface area contributed by atoms with Crippen molar-refractivity contribution in [3.05, 3.63) is 70.3 Å². The number of nitrogens with one attached hydrogen (secondary N) is 1. The maximum absolute atomic E-state index is 15.4. The molecule has 0 spiro atoms. The first-order valence-electron chi connectivity index (χ1n) is 10.8. The largest absolute Gasteiger partial charge is 0.493 e. The number of fused-ring (bicyclic) bond motifs is 3. The maximum atomic E-state index is 15.4. The number of ether oxygens (including phenoxy) is 1. The molecular weight excluding hydrogens is 465 g/mol. The Kier molecular flexibility index (Phi) is 6.79. The Bertz CT molecular complexity index is 1230. The number of nitrogens with zero attached hydrogens (tertiary/aromatic N) is 2. The summed E-state index contributed by atoms with van der Waals surface area (Å²) in [5.74, 6) is 0.0288. The average Bonchev–Trinajstić information content (AvgIpc) is 3.15. The van der Waals surface area contributed by atoms with E-state index in [0.29, 0.717) is 28.6 Å². The molecule has 2 aromatic rings. The van der Waals surface area contributed by atoms with E-state index in [2.05, 4.69) is 10.3 Å². The number of aromatic nitrogens is 1. The molecule has 0 saturated heterocycles. The number of halogens is 2. The molecule has 4 rings (SSSR count). The van der Waals surface area contributed by atoms with E-state index in [-0.39, 0.29) is 22.3 Å². The lowest BCUT2D eigenvalue weighted by Gasteiger charge is -2.30. The van der Waals surface area contributed by atoms with Gasteiger partial charge >= 0.3 is 0 Å². The Balaban J connectivity index is 1.77. The fraction of sp³-hybridized carbons (Fsp3) is 0.375. The maximum Gasteiger partial charge on any atom is 0.178 e. The number of benzene rings is 1. The molecule has 0 amide bonds. The third-order valence-electron chi connectivity index (χ3n) is 5.89. The second-order valence-electron chi connectivity index (χ2n) is 8.44. The molecule has 0 bridgehead atoms. The minimum atomic E-state index is -3.41. The monoisotopic (exact) mass is 491 g/mol.